The van der Waals surface area contributed by atoms with Crippen molar-refractivity contribution < 1.29 is 13.5 Å². The van der Waals surface area contributed by atoms with E-state index in [-0.39, 0.29) is 18.4 Å². The lowest BCUT2D eigenvalue weighted by Crippen LogP contribution is -2.36. The summed E-state index contributed by atoms with van der Waals surface area (Å²) in [5.41, 5.74) is 0. The largest absolute Gasteiger partial charge is 0.395 e. The zero-order valence-electron chi connectivity index (χ0n) is 9.55. The molecule has 1 rings (SSSR count). The lowest BCUT2D eigenvalue weighted by atomic mass is 10.1. The van der Waals surface area contributed by atoms with Crippen LogP contribution < -0.4 is 0 Å². The van der Waals surface area contributed by atoms with Gasteiger partial charge in [0.05, 0.1) is 12.4 Å². The molecule has 90 valence electrons. The Bertz CT molecular complexity index is 302. The van der Waals surface area contributed by atoms with Gasteiger partial charge in [0.15, 0.2) is 0 Å². The van der Waals surface area contributed by atoms with Gasteiger partial charge in [-0.15, -0.1) is 0 Å². The van der Waals surface area contributed by atoms with Crippen LogP contribution in [0.4, 0.5) is 0 Å². The fourth-order valence-electron chi connectivity index (χ4n) is 2.05. The van der Waals surface area contributed by atoms with Gasteiger partial charge in [-0.3, -0.25) is 0 Å². The van der Waals surface area contributed by atoms with E-state index in [1.54, 1.807) is 0 Å². The second-order valence-corrected chi connectivity index (χ2v) is 6.45. The Morgan fingerprint density at radius 3 is 2.40 bits per heavy atom. The molecule has 6 heteroatoms. The van der Waals surface area contributed by atoms with Crippen molar-refractivity contribution in [2.75, 3.05) is 39.5 Å². The molecule has 1 aliphatic heterocycles. The Labute approximate surface area is 91.7 Å². The molecule has 15 heavy (non-hydrogen) atoms. The van der Waals surface area contributed by atoms with Gasteiger partial charge in [0.1, 0.15) is 0 Å². The topological polar surface area (TPSA) is 60.9 Å². The number of nitrogens with zero attached hydrogens (tertiary/aromatic N) is 2. The van der Waals surface area contributed by atoms with Crippen LogP contribution in [0.3, 0.4) is 0 Å². The van der Waals surface area contributed by atoms with Gasteiger partial charge in [0.25, 0.3) is 0 Å². The van der Waals surface area contributed by atoms with E-state index < -0.39 is 10.0 Å². The maximum atomic E-state index is 11.7. The van der Waals surface area contributed by atoms with Crippen LogP contribution in [0.15, 0.2) is 0 Å². The second-order valence-electron chi connectivity index (χ2n) is 4.36. The predicted molar refractivity (Wildman–Crippen MR) is 59.1 cm³/mol. The van der Waals surface area contributed by atoms with E-state index in [0.717, 1.165) is 0 Å². The third kappa shape index (κ3) is 2.90. The summed E-state index contributed by atoms with van der Waals surface area (Å²) in [6, 6.07) is 0.276. The number of hydrogen-bond donors (Lipinski definition) is 1. The van der Waals surface area contributed by atoms with Crippen molar-refractivity contribution in [3.05, 3.63) is 0 Å². The average Bonchev–Trinajstić information content (AvgIpc) is 2.47. The molecule has 1 saturated heterocycles. The normalized spacial score (nSPS) is 28.9. The molecule has 2 atom stereocenters. The highest BCUT2D eigenvalue weighted by Crippen LogP contribution is 2.22. The van der Waals surface area contributed by atoms with Gasteiger partial charge in [0, 0.05) is 19.1 Å². The SMILES string of the molecule is CC1CN(S(=O)(=O)CCO)CC1N(C)C. The molecule has 0 amide bonds. The number of aliphatic hydroxyl groups excluding tert-OH is 1. The summed E-state index contributed by atoms with van der Waals surface area (Å²) in [7, 11) is 0.671. The maximum absolute atomic E-state index is 11.7. The van der Waals surface area contributed by atoms with Crippen molar-refractivity contribution >= 4 is 10.0 Å². The standard InChI is InChI=1S/C9H20N2O3S/c1-8-6-11(7-9(8)10(2)3)15(13,14)5-4-12/h8-9,12H,4-7H2,1-3H3. The highest BCUT2D eigenvalue weighted by molar-refractivity contribution is 7.89. The van der Waals surface area contributed by atoms with E-state index in [2.05, 4.69) is 11.8 Å². The third-order valence-corrected chi connectivity index (χ3v) is 4.73. The Hall–Kier alpha value is -0.170. The minimum atomic E-state index is -3.25. The van der Waals surface area contributed by atoms with E-state index in [9.17, 15) is 8.42 Å². The minimum absolute atomic E-state index is 0.167. The first-order valence-electron chi connectivity index (χ1n) is 5.13. The highest BCUT2D eigenvalue weighted by Gasteiger charge is 2.36. The van der Waals surface area contributed by atoms with Crippen LogP contribution in [-0.4, -0.2) is 68.3 Å². The first kappa shape index (κ1) is 12.9. The van der Waals surface area contributed by atoms with Crippen LogP contribution in [0, 0.1) is 5.92 Å². The molecule has 0 bridgehead atoms. The van der Waals surface area contributed by atoms with Gasteiger partial charge < -0.3 is 10.0 Å². The Balaban J connectivity index is 2.70. The smallest absolute Gasteiger partial charge is 0.216 e. The summed E-state index contributed by atoms with van der Waals surface area (Å²) in [5, 5.41) is 8.69. The third-order valence-electron chi connectivity index (χ3n) is 2.95. The van der Waals surface area contributed by atoms with Crippen LogP contribution in [-0.2, 0) is 10.0 Å². The van der Waals surface area contributed by atoms with Gasteiger partial charge in [-0.1, -0.05) is 6.92 Å². The number of aliphatic hydroxyl groups is 1. The number of sulfonamides is 1. The molecule has 0 aromatic carbocycles. The second kappa shape index (κ2) is 4.78. The van der Waals surface area contributed by atoms with Gasteiger partial charge in [-0.05, 0) is 20.0 Å². The van der Waals surface area contributed by atoms with Gasteiger partial charge in [-0.2, -0.15) is 4.31 Å². The molecule has 0 radical (unpaired) electrons. The molecule has 0 aromatic rings. The summed E-state index contributed by atoms with van der Waals surface area (Å²) >= 11 is 0. The number of hydrogen-bond acceptors (Lipinski definition) is 4. The molecule has 1 aliphatic rings. The molecule has 0 saturated carbocycles. The molecule has 2 unspecified atom stereocenters. The first-order chi connectivity index (χ1) is 6.88. The molecule has 1 N–H and O–H groups in total. The summed E-state index contributed by atoms with van der Waals surface area (Å²) in [6.45, 7) is 2.85. The quantitative estimate of drug-likeness (QED) is 0.693. The van der Waals surface area contributed by atoms with Crippen LogP contribution in [0.2, 0.25) is 0 Å². The average molecular weight is 236 g/mol. The lowest BCUT2D eigenvalue weighted by molar-refractivity contribution is 0.262. The molecule has 5 nitrogen and oxygen atoms in total. The highest BCUT2D eigenvalue weighted by atomic mass is 32.2. The molecular formula is C9H20N2O3S. The van der Waals surface area contributed by atoms with Crippen LogP contribution >= 0.6 is 0 Å². The molecular weight excluding hydrogens is 216 g/mol. The number of rotatable bonds is 4. The Kier molecular flexibility index (Phi) is 4.11. The molecule has 0 spiro atoms. The van der Waals surface area contributed by atoms with E-state index >= 15 is 0 Å². The van der Waals surface area contributed by atoms with E-state index in [4.69, 9.17) is 5.11 Å². The molecule has 1 heterocycles. The van der Waals surface area contributed by atoms with Crippen molar-refractivity contribution in [1.29, 1.82) is 0 Å². The van der Waals surface area contributed by atoms with Crippen LogP contribution in [0.1, 0.15) is 6.92 Å². The molecule has 0 aromatic heterocycles. The first-order valence-corrected chi connectivity index (χ1v) is 6.74. The van der Waals surface area contributed by atoms with Crippen molar-refractivity contribution in [2.24, 2.45) is 5.92 Å². The maximum Gasteiger partial charge on any atom is 0.216 e. The molecule has 1 fully saturated rings. The summed E-state index contributed by atoms with van der Waals surface area (Å²) in [5.74, 6) is 0.174. The van der Waals surface area contributed by atoms with Crippen LogP contribution in [0.25, 0.3) is 0 Å². The van der Waals surface area contributed by atoms with Gasteiger partial charge in [0.2, 0.25) is 10.0 Å². The van der Waals surface area contributed by atoms with Crippen LogP contribution in [0.5, 0.6) is 0 Å². The summed E-state index contributed by atoms with van der Waals surface area (Å²) in [6.07, 6.45) is 0. The minimum Gasteiger partial charge on any atom is -0.395 e. The Morgan fingerprint density at radius 2 is 2.00 bits per heavy atom. The summed E-state index contributed by atoms with van der Waals surface area (Å²) < 4.78 is 24.9. The van der Waals surface area contributed by atoms with E-state index in [0.29, 0.717) is 19.0 Å². The number of likely N-dealkylation sites (N-methyl/N-ethyl adjacent to an activating group) is 1. The van der Waals surface area contributed by atoms with Gasteiger partial charge in [-0.25, -0.2) is 8.42 Å². The van der Waals surface area contributed by atoms with E-state index in [1.165, 1.54) is 4.31 Å². The fraction of sp³-hybridized carbons (Fsp3) is 1.00. The Morgan fingerprint density at radius 1 is 1.40 bits per heavy atom. The monoisotopic (exact) mass is 236 g/mol. The predicted octanol–water partition coefficient (Wildman–Crippen LogP) is -0.810. The zero-order chi connectivity index (χ0) is 11.6. The summed E-state index contributed by atoms with van der Waals surface area (Å²) in [4.78, 5) is 2.05. The fourth-order valence-corrected chi connectivity index (χ4v) is 3.38. The van der Waals surface area contributed by atoms with Gasteiger partial charge >= 0.3 is 0 Å². The van der Waals surface area contributed by atoms with Crippen molar-refractivity contribution in [2.45, 2.75) is 13.0 Å². The molecule has 0 aliphatic carbocycles. The zero-order valence-corrected chi connectivity index (χ0v) is 10.4. The van der Waals surface area contributed by atoms with Crippen molar-refractivity contribution in [3.8, 4) is 0 Å². The van der Waals surface area contributed by atoms with Crippen molar-refractivity contribution in [3.63, 3.8) is 0 Å². The van der Waals surface area contributed by atoms with E-state index in [1.807, 2.05) is 14.1 Å². The van der Waals surface area contributed by atoms with Crippen molar-refractivity contribution in [1.82, 2.24) is 9.21 Å². The lowest BCUT2D eigenvalue weighted by Gasteiger charge is -2.22.